The average molecular weight is 1080 g/mol. The van der Waals surface area contributed by atoms with Gasteiger partial charge in [0.15, 0.2) is 6.10 Å². The number of carbonyl (C=O) groups is 3. The van der Waals surface area contributed by atoms with Gasteiger partial charge in [-0.05, 0) is 83.5 Å². The van der Waals surface area contributed by atoms with Crippen LogP contribution in [-0.4, -0.2) is 37.2 Å². The Bertz CT molecular complexity index is 1330. The minimum Gasteiger partial charge on any atom is -0.462 e. The molecule has 0 spiro atoms. The van der Waals surface area contributed by atoms with Gasteiger partial charge in [0.05, 0.1) is 0 Å². The summed E-state index contributed by atoms with van der Waals surface area (Å²) in [7, 11) is 0. The molecule has 0 aromatic carbocycles. The first kappa shape index (κ1) is 74.4. The minimum absolute atomic E-state index is 0.0742. The van der Waals surface area contributed by atoms with Crippen molar-refractivity contribution in [1.82, 2.24) is 0 Å². The molecule has 0 aliphatic carbocycles. The van der Waals surface area contributed by atoms with Gasteiger partial charge in [-0.15, -0.1) is 0 Å². The highest BCUT2D eigenvalue weighted by Crippen LogP contribution is 2.17. The Morgan fingerprint density at radius 3 is 0.740 bits per heavy atom. The molecule has 77 heavy (non-hydrogen) atoms. The van der Waals surface area contributed by atoms with E-state index in [0.29, 0.717) is 19.3 Å². The molecule has 450 valence electrons. The van der Waals surface area contributed by atoms with Crippen LogP contribution in [0.5, 0.6) is 0 Å². The van der Waals surface area contributed by atoms with Gasteiger partial charge < -0.3 is 14.2 Å². The molecule has 0 N–H and O–H groups in total. The van der Waals surface area contributed by atoms with Crippen molar-refractivity contribution in [3.05, 3.63) is 48.6 Å². The molecule has 0 rings (SSSR count). The molecule has 6 nitrogen and oxygen atoms in total. The third kappa shape index (κ3) is 64.1. The third-order valence-electron chi connectivity index (χ3n) is 15.3. The third-order valence-corrected chi connectivity index (χ3v) is 15.3. The van der Waals surface area contributed by atoms with Crippen molar-refractivity contribution in [3.63, 3.8) is 0 Å². The molecule has 0 saturated carbocycles. The molecule has 0 saturated heterocycles. The van der Waals surface area contributed by atoms with Crippen LogP contribution in [0, 0.1) is 0 Å². The maximum atomic E-state index is 12.9. The lowest BCUT2D eigenvalue weighted by Gasteiger charge is -2.18. The average Bonchev–Trinajstić information content (AvgIpc) is 3.43. The van der Waals surface area contributed by atoms with Crippen LogP contribution in [0.2, 0.25) is 0 Å². The molecule has 0 aromatic heterocycles. The fourth-order valence-corrected chi connectivity index (χ4v) is 10.2. The Kier molecular flexibility index (Phi) is 63.6. The monoisotopic (exact) mass is 1080 g/mol. The second-order valence-electron chi connectivity index (χ2n) is 23.1. The van der Waals surface area contributed by atoms with Crippen LogP contribution in [0.4, 0.5) is 0 Å². The Labute approximate surface area is 479 Å². The van der Waals surface area contributed by atoms with Gasteiger partial charge in [0.1, 0.15) is 13.2 Å². The standard InChI is InChI=1S/C71H130O6/c1-4-7-10-13-16-19-22-25-28-31-33-35-37-40-43-46-49-52-55-58-61-64-70(73)76-67-68(66-75-69(72)63-60-57-54-51-48-45-42-39-30-27-24-21-18-15-12-9-6-3)77-71(74)65-62-59-56-53-50-47-44-41-38-36-34-32-29-26-23-20-17-14-11-8-5-2/h22,25,31-34,37,40,68H,4-21,23-24,26-30,35-36,38-39,41-67H2,1-3H3/b25-22-,33-31-,34-32-,40-37-. The summed E-state index contributed by atoms with van der Waals surface area (Å²) in [4.78, 5) is 38.4. The zero-order valence-electron chi connectivity index (χ0n) is 51.7. The Hall–Kier alpha value is -2.63. The zero-order valence-corrected chi connectivity index (χ0v) is 51.7. The van der Waals surface area contributed by atoms with Crippen molar-refractivity contribution in [2.75, 3.05) is 13.2 Å². The van der Waals surface area contributed by atoms with Gasteiger partial charge in [0.25, 0.3) is 0 Å². The van der Waals surface area contributed by atoms with E-state index >= 15 is 0 Å². The number of carbonyl (C=O) groups excluding carboxylic acids is 3. The second kappa shape index (κ2) is 65.9. The SMILES string of the molecule is CCCCCCC/C=C\C/C=C\C/C=C\CCCCCCCCC(=O)OCC(COC(=O)CCCCCCCCCCCCCCCCCCC)OC(=O)CCCCCCCCCCC/C=C\CCCCCCCCCC. The highest BCUT2D eigenvalue weighted by molar-refractivity contribution is 5.71. The van der Waals surface area contributed by atoms with E-state index < -0.39 is 6.10 Å². The number of ether oxygens (including phenoxy) is 3. The normalized spacial score (nSPS) is 12.3. The van der Waals surface area contributed by atoms with E-state index in [-0.39, 0.29) is 31.1 Å². The van der Waals surface area contributed by atoms with Gasteiger partial charge >= 0.3 is 17.9 Å². The van der Waals surface area contributed by atoms with Crippen LogP contribution in [0.3, 0.4) is 0 Å². The number of unbranched alkanes of at least 4 members (excludes halogenated alkanes) is 44. The van der Waals surface area contributed by atoms with Crippen LogP contribution in [0.1, 0.15) is 367 Å². The number of hydrogen-bond donors (Lipinski definition) is 0. The van der Waals surface area contributed by atoms with Gasteiger partial charge in [-0.3, -0.25) is 14.4 Å². The van der Waals surface area contributed by atoms with E-state index in [2.05, 4.69) is 69.4 Å². The lowest BCUT2D eigenvalue weighted by molar-refractivity contribution is -0.167. The molecule has 1 atom stereocenters. The summed E-state index contributed by atoms with van der Waals surface area (Å²) < 4.78 is 17.0. The van der Waals surface area contributed by atoms with Crippen molar-refractivity contribution in [3.8, 4) is 0 Å². The number of rotatable bonds is 63. The van der Waals surface area contributed by atoms with Crippen LogP contribution < -0.4 is 0 Å². The second-order valence-corrected chi connectivity index (χ2v) is 23.1. The summed E-state index contributed by atoms with van der Waals surface area (Å²) in [5.74, 6) is -0.864. The summed E-state index contributed by atoms with van der Waals surface area (Å²) in [6.45, 7) is 6.68. The van der Waals surface area contributed by atoms with Crippen LogP contribution >= 0.6 is 0 Å². The van der Waals surface area contributed by atoms with Crippen molar-refractivity contribution >= 4 is 17.9 Å². The van der Waals surface area contributed by atoms with Crippen LogP contribution in [-0.2, 0) is 28.6 Å². The maximum absolute atomic E-state index is 12.9. The lowest BCUT2D eigenvalue weighted by atomic mass is 10.0. The molecule has 0 aromatic rings. The zero-order chi connectivity index (χ0) is 55.7. The maximum Gasteiger partial charge on any atom is 0.306 e. The largest absolute Gasteiger partial charge is 0.462 e. The molecule has 0 aliphatic rings. The van der Waals surface area contributed by atoms with Crippen LogP contribution in [0.25, 0.3) is 0 Å². The molecule has 0 bridgehead atoms. The van der Waals surface area contributed by atoms with Crippen LogP contribution in [0.15, 0.2) is 48.6 Å². The van der Waals surface area contributed by atoms with E-state index in [0.717, 1.165) is 77.0 Å². The molecule has 0 amide bonds. The molecule has 0 heterocycles. The molecular weight excluding hydrogens is 949 g/mol. The summed E-state index contributed by atoms with van der Waals surface area (Å²) in [6.07, 6.45) is 82.6. The van der Waals surface area contributed by atoms with Crippen molar-refractivity contribution in [2.45, 2.75) is 374 Å². The fourth-order valence-electron chi connectivity index (χ4n) is 10.2. The number of allylic oxidation sites excluding steroid dienone is 8. The number of esters is 3. The molecule has 1 unspecified atom stereocenters. The topological polar surface area (TPSA) is 78.9 Å². The summed E-state index contributed by atoms with van der Waals surface area (Å²) in [6, 6.07) is 0. The van der Waals surface area contributed by atoms with Gasteiger partial charge in [-0.2, -0.15) is 0 Å². The van der Waals surface area contributed by atoms with E-state index in [9.17, 15) is 14.4 Å². The summed E-state index contributed by atoms with van der Waals surface area (Å²) >= 11 is 0. The summed E-state index contributed by atoms with van der Waals surface area (Å²) in [5, 5.41) is 0. The van der Waals surface area contributed by atoms with Gasteiger partial charge in [-0.1, -0.05) is 313 Å². The van der Waals surface area contributed by atoms with E-state index in [1.807, 2.05) is 0 Å². The van der Waals surface area contributed by atoms with Crippen molar-refractivity contribution in [1.29, 1.82) is 0 Å². The first-order valence-electron chi connectivity index (χ1n) is 34.1. The highest BCUT2D eigenvalue weighted by atomic mass is 16.6. The summed E-state index contributed by atoms with van der Waals surface area (Å²) in [5.41, 5.74) is 0. The van der Waals surface area contributed by atoms with Gasteiger partial charge in [0.2, 0.25) is 0 Å². The highest BCUT2D eigenvalue weighted by Gasteiger charge is 2.19. The van der Waals surface area contributed by atoms with Crippen molar-refractivity contribution in [2.24, 2.45) is 0 Å². The Morgan fingerprint density at radius 2 is 0.468 bits per heavy atom. The van der Waals surface area contributed by atoms with E-state index in [1.165, 1.54) is 250 Å². The molecular formula is C71H130O6. The van der Waals surface area contributed by atoms with E-state index in [1.54, 1.807) is 0 Å². The molecule has 0 aliphatic heterocycles. The number of hydrogen-bond acceptors (Lipinski definition) is 6. The Balaban J connectivity index is 4.36. The predicted molar refractivity (Wildman–Crippen MR) is 335 cm³/mol. The first-order valence-corrected chi connectivity index (χ1v) is 34.1. The van der Waals surface area contributed by atoms with E-state index in [4.69, 9.17) is 14.2 Å². The smallest absolute Gasteiger partial charge is 0.306 e. The molecule has 0 fully saturated rings. The van der Waals surface area contributed by atoms with Gasteiger partial charge in [-0.25, -0.2) is 0 Å². The van der Waals surface area contributed by atoms with Crippen molar-refractivity contribution < 1.29 is 28.6 Å². The minimum atomic E-state index is -0.779. The lowest BCUT2D eigenvalue weighted by Crippen LogP contribution is -2.30. The molecule has 0 radical (unpaired) electrons. The quantitative estimate of drug-likeness (QED) is 0.0261. The predicted octanol–water partition coefficient (Wildman–Crippen LogP) is 23.3. The van der Waals surface area contributed by atoms with Gasteiger partial charge in [0, 0.05) is 19.3 Å². The molecule has 6 heteroatoms. The Morgan fingerprint density at radius 1 is 0.260 bits per heavy atom. The first-order chi connectivity index (χ1) is 38.0. The fraction of sp³-hybridized carbons (Fsp3) is 0.845.